The van der Waals surface area contributed by atoms with Crippen LogP contribution in [-0.2, 0) is 16.9 Å². The van der Waals surface area contributed by atoms with Gasteiger partial charge in [0.25, 0.3) is 5.91 Å². The van der Waals surface area contributed by atoms with Gasteiger partial charge in [0.15, 0.2) is 5.69 Å². The number of likely N-dealkylation sites (tertiary alicyclic amines) is 1. The standard InChI is InChI=1S/C46H55N11O3/c1-31-26-35(8-9-36(31)28-48-43(59)41-30-57(53-52-41)46(2,3)4)40-14-20-47-44(50-40)49-37-12-10-33(11-13-37)34-17-21-54(22-18-34)29-32-15-23-55(24-16-32)38-6-5-7-39(27-38)56-25-19-42(58)51-45(56)60/h5-14,20,26-27,30,32,34H,15-19,21-25,28-29H2,1-4H3,(H,48,59)(H,47,49,50)(H,51,58,60). The lowest BCUT2D eigenvalue weighted by Gasteiger charge is -2.38. The molecule has 0 unspecified atom stereocenters. The highest BCUT2D eigenvalue weighted by Crippen LogP contribution is 2.32. The van der Waals surface area contributed by atoms with Crippen molar-refractivity contribution in [2.75, 3.05) is 54.4 Å². The lowest BCUT2D eigenvalue weighted by molar-refractivity contribution is -0.120. The Kier molecular flexibility index (Phi) is 11.9. The molecule has 3 saturated heterocycles. The Morgan fingerprint density at radius 2 is 1.65 bits per heavy atom. The second kappa shape index (κ2) is 17.6. The third kappa shape index (κ3) is 9.65. The molecule has 0 spiro atoms. The third-order valence-electron chi connectivity index (χ3n) is 12.1. The molecular formula is C46H55N11O3. The molecule has 3 aromatic carbocycles. The average Bonchev–Trinajstić information content (AvgIpc) is 3.76. The number of nitrogens with zero attached hydrogens (tertiary/aromatic N) is 8. The summed E-state index contributed by atoms with van der Waals surface area (Å²) in [6.07, 6.45) is 8.39. The Morgan fingerprint density at radius 1 is 0.883 bits per heavy atom. The highest BCUT2D eigenvalue weighted by molar-refractivity contribution is 6.05. The van der Waals surface area contributed by atoms with Crippen LogP contribution in [0.5, 0.6) is 0 Å². The van der Waals surface area contributed by atoms with Crippen molar-refractivity contribution in [2.24, 2.45) is 5.92 Å². The van der Waals surface area contributed by atoms with E-state index < -0.39 is 0 Å². The van der Waals surface area contributed by atoms with E-state index in [9.17, 15) is 14.4 Å². The Hall–Kier alpha value is -6.15. The number of urea groups is 1. The van der Waals surface area contributed by atoms with Gasteiger partial charge in [0.1, 0.15) is 0 Å². The van der Waals surface area contributed by atoms with Crippen molar-refractivity contribution in [3.8, 4) is 11.3 Å². The molecule has 14 nitrogen and oxygen atoms in total. The van der Waals surface area contributed by atoms with Crippen molar-refractivity contribution < 1.29 is 14.4 Å². The maximum absolute atomic E-state index is 12.7. The summed E-state index contributed by atoms with van der Waals surface area (Å²) in [6.45, 7) is 14.3. The molecule has 5 heterocycles. The van der Waals surface area contributed by atoms with Crippen molar-refractivity contribution >= 4 is 40.9 Å². The van der Waals surface area contributed by atoms with Gasteiger partial charge in [-0.25, -0.2) is 19.4 Å². The number of imide groups is 1. The Balaban J connectivity index is 0.781. The van der Waals surface area contributed by atoms with Crippen molar-refractivity contribution in [3.05, 3.63) is 108 Å². The van der Waals surface area contributed by atoms with E-state index in [-0.39, 0.29) is 23.4 Å². The molecule has 0 bridgehead atoms. The summed E-state index contributed by atoms with van der Waals surface area (Å²) in [7, 11) is 0. The smallest absolute Gasteiger partial charge is 0.328 e. The number of benzene rings is 3. The van der Waals surface area contributed by atoms with Crippen LogP contribution in [0, 0.1) is 12.8 Å². The van der Waals surface area contributed by atoms with Gasteiger partial charge in [0.05, 0.1) is 17.4 Å². The van der Waals surface area contributed by atoms with E-state index in [0.29, 0.717) is 43.0 Å². The average molecular weight is 810 g/mol. The number of amides is 4. The molecular weight excluding hydrogens is 755 g/mol. The van der Waals surface area contributed by atoms with Crippen molar-refractivity contribution in [2.45, 2.75) is 77.8 Å². The molecule has 5 aromatic rings. The van der Waals surface area contributed by atoms with Crippen LogP contribution in [0.25, 0.3) is 11.3 Å². The molecule has 3 aliphatic rings. The lowest BCUT2D eigenvalue weighted by Crippen LogP contribution is -2.49. The van der Waals surface area contributed by atoms with Gasteiger partial charge in [-0.2, -0.15) is 0 Å². The second-order valence-corrected chi connectivity index (χ2v) is 17.3. The number of nitrogens with one attached hydrogen (secondary N) is 3. The van der Waals surface area contributed by atoms with Gasteiger partial charge in [0.2, 0.25) is 11.9 Å². The van der Waals surface area contributed by atoms with Gasteiger partial charge in [-0.15, -0.1) is 5.10 Å². The van der Waals surface area contributed by atoms with E-state index in [1.807, 2.05) is 58.0 Å². The van der Waals surface area contributed by atoms with Crippen LogP contribution >= 0.6 is 0 Å². The zero-order valence-corrected chi connectivity index (χ0v) is 35.0. The van der Waals surface area contributed by atoms with Crippen LogP contribution in [0.4, 0.5) is 27.8 Å². The number of hydrogen-bond acceptors (Lipinski definition) is 10. The number of hydrogen-bond donors (Lipinski definition) is 3. The molecule has 60 heavy (non-hydrogen) atoms. The molecule has 0 atom stereocenters. The van der Waals surface area contributed by atoms with Gasteiger partial charge in [-0.3, -0.25) is 19.8 Å². The van der Waals surface area contributed by atoms with E-state index in [1.165, 1.54) is 5.56 Å². The highest BCUT2D eigenvalue weighted by Gasteiger charge is 2.28. The highest BCUT2D eigenvalue weighted by atomic mass is 16.2. The number of rotatable bonds is 11. The summed E-state index contributed by atoms with van der Waals surface area (Å²) in [5.74, 6) is 1.30. The first-order valence-electron chi connectivity index (χ1n) is 21.1. The minimum atomic E-state index is -0.343. The van der Waals surface area contributed by atoms with Crippen LogP contribution in [0.15, 0.2) is 85.2 Å². The number of carbonyl (C=O) groups is 3. The molecule has 3 aliphatic heterocycles. The maximum Gasteiger partial charge on any atom is 0.328 e. The quantitative estimate of drug-likeness (QED) is 0.127. The predicted octanol–water partition coefficient (Wildman–Crippen LogP) is 7.01. The van der Waals surface area contributed by atoms with Gasteiger partial charge in [-0.05, 0) is 137 Å². The minimum absolute atomic E-state index is 0.214. The Labute approximate surface area is 351 Å². The van der Waals surface area contributed by atoms with Gasteiger partial charge in [-0.1, -0.05) is 35.5 Å². The third-order valence-corrected chi connectivity index (χ3v) is 12.1. The molecule has 2 aromatic heterocycles. The summed E-state index contributed by atoms with van der Waals surface area (Å²) < 4.78 is 1.69. The molecule has 4 amide bonds. The zero-order chi connectivity index (χ0) is 41.8. The summed E-state index contributed by atoms with van der Waals surface area (Å²) in [5, 5.41) is 16.9. The van der Waals surface area contributed by atoms with Crippen molar-refractivity contribution in [1.29, 1.82) is 0 Å². The van der Waals surface area contributed by atoms with E-state index in [4.69, 9.17) is 4.98 Å². The van der Waals surface area contributed by atoms with E-state index >= 15 is 0 Å². The summed E-state index contributed by atoms with van der Waals surface area (Å²) in [6, 6.07) is 24.6. The molecule has 312 valence electrons. The van der Waals surface area contributed by atoms with E-state index in [1.54, 1.807) is 22.0 Å². The van der Waals surface area contributed by atoms with Crippen molar-refractivity contribution in [1.82, 2.24) is 40.5 Å². The fraction of sp³-hybridized carbons (Fsp3) is 0.413. The first-order chi connectivity index (χ1) is 28.9. The zero-order valence-electron chi connectivity index (χ0n) is 35.0. The number of piperidine rings is 2. The fourth-order valence-electron chi connectivity index (χ4n) is 8.42. The number of aromatic nitrogens is 5. The second-order valence-electron chi connectivity index (χ2n) is 17.3. The maximum atomic E-state index is 12.7. The van der Waals surface area contributed by atoms with Crippen LogP contribution in [0.2, 0.25) is 0 Å². The minimum Gasteiger partial charge on any atom is -0.371 e. The first-order valence-corrected chi connectivity index (χ1v) is 21.1. The van der Waals surface area contributed by atoms with Gasteiger partial charge < -0.3 is 20.4 Å². The number of anilines is 4. The van der Waals surface area contributed by atoms with E-state index in [0.717, 1.165) is 97.9 Å². The van der Waals surface area contributed by atoms with Crippen LogP contribution in [0.3, 0.4) is 0 Å². The topological polar surface area (TPSA) is 154 Å². The van der Waals surface area contributed by atoms with E-state index in [2.05, 4.69) is 83.5 Å². The van der Waals surface area contributed by atoms with Crippen LogP contribution in [-0.4, -0.2) is 87.0 Å². The molecule has 0 aliphatic carbocycles. The Morgan fingerprint density at radius 3 is 2.37 bits per heavy atom. The van der Waals surface area contributed by atoms with Gasteiger partial charge >= 0.3 is 6.03 Å². The predicted molar refractivity (Wildman–Crippen MR) is 233 cm³/mol. The Bertz CT molecular complexity index is 2320. The molecule has 14 heteroatoms. The molecule has 0 radical (unpaired) electrons. The molecule has 8 rings (SSSR count). The lowest BCUT2D eigenvalue weighted by atomic mass is 9.88. The molecule has 3 N–H and O–H groups in total. The summed E-state index contributed by atoms with van der Waals surface area (Å²) >= 11 is 0. The first kappa shape index (κ1) is 40.6. The molecule has 3 fully saturated rings. The van der Waals surface area contributed by atoms with Crippen LogP contribution in [0.1, 0.15) is 86.0 Å². The van der Waals surface area contributed by atoms with Crippen LogP contribution < -0.4 is 25.8 Å². The number of carbonyl (C=O) groups excluding carboxylic acids is 3. The normalized spacial score (nSPS) is 17.1. The summed E-state index contributed by atoms with van der Waals surface area (Å²) in [5.41, 5.74) is 8.19. The monoisotopic (exact) mass is 809 g/mol. The number of aryl methyl sites for hydroxylation is 1. The van der Waals surface area contributed by atoms with Crippen molar-refractivity contribution in [3.63, 3.8) is 0 Å². The SMILES string of the molecule is Cc1cc(-c2ccnc(Nc3ccc(C4CCN(CC5CCN(c6cccc(N7CCC(=O)NC7=O)c6)CC5)CC4)cc3)n2)ccc1CNC(=O)c1cn(C(C)(C)C)nn1. The summed E-state index contributed by atoms with van der Waals surface area (Å²) in [4.78, 5) is 52.8. The molecule has 0 saturated carbocycles. The van der Waals surface area contributed by atoms with Gasteiger partial charge in [0, 0.05) is 68.0 Å². The fourth-order valence-corrected chi connectivity index (χ4v) is 8.42. The largest absolute Gasteiger partial charge is 0.371 e.